The molecule has 0 radical (unpaired) electrons. The van der Waals surface area contributed by atoms with E-state index in [-0.39, 0.29) is 22.5 Å². The maximum absolute atomic E-state index is 13.1. The largest absolute Gasteiger partial charge is 0.480 e. The third kappa shape index (κ3) is 7.28. The number of β-lactam (4-membered cyclic amide) rings is 1. The van der Waals surface area contributed by atoms with Crippen LogP contribution >= 0.6 is 11.8 Å². The van der Waals surface area contributed by atoms with Crippen LogP contribution in [-0.2, 0) is 24.8 Å². The van der Waals surface area contributed by atoms with Gasteiger partial charge in [0.25, 0.3) is 0 Å². The first kappa shape index (κ1) is 31.6. The number of ether oxygens (including phenoxy) is 2. The highest BCUT2D eigenvalue weighted by atomic mass is 32.2. The van der Waals surface area contributed by atoms with Gasteiger partial charge in [-0.05, 0) is 64.3 Å². The number of carboxylic acid groups (broad SMARTS) is 1. The summed E-state index contributed by atoms with van der Waals surface area (Å²) >= 11 is 1.22. The molecule has 10 nitrogen and oxygen atoms in total. The topological polar surface area (TPSA) is 126 Å². The summed E-state index contributed by atoms with van der Waals surface area (Å²) in [5.41, 5.74) is -1.08. The summed E-state index contributed by atoms with van der Waals surface area (Å²) < 4.78 is 12.4. The second-order valence-electron chi connectivity index (χ2n) is 12.9. The number of pyridine rings is 1. The fourth-order valence-electron chi connectivity index (χ4n) is 3.58. The molecule has 1 aliphatic rings. The van der Waals surface area contributed by atoms with Gasteiger partial charge in [-0.25, -0.2) is 19.4 Å². The number of hydrogen-bond acceptors (Lipinski definition) is 8. The molecule has 38 heavy (non-hydrogen) atoms. The van der Waals surface area contributed by atoms with E-state index >= 15 is 0 Å². The highest BCUT2D eigenvalue weighted by Crippen LogP contribution is 2.46. The Bertz CT molecular complexity index is 1060. The highest BCUT2D eigenvalue weighted by Gasteiger charge is 2.60. The third-order valence-corrected chi connectivity index (χ3v) is 13.0. The Morgan fingerprint density at radius 2 is 1.53 bits per heavy atom. The van der Waals surface area contributed by atoms with Gasteiger partial charge in [0.15, 0.2) is 8.24 Å². The lowest BCUT2D eigenvalue weighted by molar-refractivity contribution is -0.155. The van der Waals surface area contributed by atoms with Crippen LogP contribution in [0.15, 0.2) is 18.3 Å². The molecule has 0 aliphatic carbocycles. The number of nitrogens with zero attached hydrogens (tertiary/aromatic N) is 3. The molecule has 2 atom stereocenters. The number of amides is 3. The van der Waals surface area contributed by atoms with Crippen molar-refractivity contribution in [3.8, 4) is 0 Å². The van der Waals surface area contributed by atoms with E-state index in [1.165, 1.54) is 24.0 Å². The van der Waals surface area contributed by atoms with Crippen molar-refractivity contribution >= 4 is 49.9 Å². The number of carboxylic acids is 1. The summed E-state index contributed by atoms with van der Waals surface area (Å²) in [6, 6.07) is 2.31. The first-order chi connectivity index (χ1) is 17.1. The van der Waals surface area contributed by atoms with Gasteiger partial charge < -0.3 is 19.1 Å². The van der Waals surface area contributed by atoms with Crippen LogP contribution in [-0.4, -0.2) is 69.4 Å². The molecular weight excluding hydrogens is 526 g/mol. The van der Waals surface area contributed by atoms with Crippen molar-refractivity contribution in [2.45, 2.75) is 109 Å². The van der Waals surface area contributed by atoms with E-state index in [1.54, 1.807) is 52.2 Å². The zero-order chi connectivity index (χ0) is 29.4. The summed E-state index contributed by atoms with van der Waals surface area (Å²) in [5.74, 6) is -0.919. The lowest BCUT2D eigenvalue weighted by Crippen LogP contribution is -2.76. The van der Waals surface area contributed by atoms with Crippen LogP contribution in [0.4, 0.5) is 15.4 Å². The summed E-state index contributed by atoms with van der Waals surface area (Å²) in [6.07, 6.45) is -0.435. The van der Waals surface area contributed by atoms with Gasteiger partial charge in [-0.15, -0.1) is 11.8 Å². The highest BCUT2D eigenvalue weighted by molar-refractivity contribution is 8.00. The number of rotatable bonds is 6. The Labute approximate surface area is 230 Å². The van der Waals surface area contributed by atoms with Gasteiger partial charge in [0.05, 0.1) is 0 Å². The molecule has 0 saturated carbocycles. The quantitative estimate of drug-likeness (QED) is 0.342. The molecule has 0 unspecified atom stereocenters. The van der Waals surface area contributed by atoms with Crippen molar-refractivity contribution in [1.82, 2.24) is 9.55 Å². The van der Waals surface area contributed by atoms with Gasteiger partial charge in [-0.1, -0.05) is 33.9 Å². The summed E-state index contributed by atoms with van der Waals surface area (Å²) in [5, 5.41) is 9.01. The lowest BCUT2D eigenvalue weighted by Gasteiger charge is -2.56. The van der Waals surface area contributed by atoms with Crippen LogP contribution in [0.25, 0.3) is 0 Å². The van der Waals surface area contributed by atoms with Gasteiger partial charge in [0, 0.05) is 11.9 Å². The molecule has 1 saturated heterocycles. The number of anilines is 1. The lowest BCUT2D eigenvalue weighted by atomic mass is 10.1. The van der Waals surface area contributed by atoms with Gasteiger partial charge in [-0.3, -0.25) is 4.79 Å². The number of aromatic nitrogens is 1. The second-order valence-corrected chi connectivity index (χ2v) is 19.1. The zero-order valence-corrected chi connectivity index (χ0v) is 26.1. The fourth-order valence-corrected chi connectivity index (χ4v) is 7.38. The Kier molecular flexibility index (Phi) is 9.05. The van der Waals surface area contributed by atoms with Crippen LogP contribution in [0.2, 0.25) is 18.1 Å². The Morgan fingerprint density at radius 3 is 1.95 bits per heavy atom. The van der Waals surface area contributed by atoms with Crippen molar-refractivity contribution in [2.75, 3.05) is 4.90 Å². The maximum atomic E-state index is 13.1. The third-order valence-electron chi connectivity index (χ3n) is 6.36. The maximum Gasteiger partial charge on any atom is 0.425 e. The number of imide groups is 1. The molecule has 0 aromatic carbocycles. The van der Waals surface area contributed by atoms with E-state index in [9.17, 15) is 24.3 Å². The van der Waals surface area contributed by atoms with E-state index in [1.807, 2.05) is 33.9 Å². The van der Waals surface area contributed by atoms with E-state index < -0.39 is 48.9 Å². The van der Waals surface area contributed by atoms with E-state index in [0.717, 1.165) is 4.90 Å². The van der Waals surface area contributed by atoms with Crippen molar-refractivity contribution in [3.63, 3.8) is 0 Å². The Hall–Kier alpha value is -2.60. The number of hydrogen-bond donors (Lipinski definition) is 1. The molecule has 1 fully saturated rings. The Balaban J connectivity index is 2.29. The molecular formula is C26H41N3O7SSi. The average molecular weight is 568 g/mol. The molecule has 1 aliphatic heterocycles. The second kappa shape index (κ2) is 10.9. The number of thioether (sulfide) groups is 1. The Morgan fingerprint density at radius 1 is 1.03 bits per heavy atom. The van der Waals surface area contributed by atoms with Crippen molar-refractivity contribution in [1.29, 1.82) is 0 Å². The standard InChI is InChI=1S/C26H41N3O7SSi/c1-24(2,3)35-22(33)28(23(34)36-25(4,5)6)17-14-16(12-13-27-17)15-37-19-18(21(31)32)29(20(19)30)38(10,11)26(7,8)9/h12-14,18-19H,15H2,1-11H3,(H,31,32)/t18-,19+/m0/s1. The molecule has 12 heteroatoms. The van der Waals surface area contributed by atoms with Crippen LogP contribution < -0.4 is 4.90 Å². The van der Waals surface area contributed by atoms with Crippen LogP contribution in [0.5, 0.6) is 0 Å². The molecule has 212 valence electrons. The number of aliphatic carboxylic acids is 1. The monoisotopic (exact) mass is 567 g/mol. The van der Waals surface area contributed by atoms with Gasteiger partial charge in [0.1, 0.15) is 28.3 Å². The smallest absolute Gasteiger partial charge is 0.425 e. The SMILES string of the molecule is CC(C)(C)OC(=O)N(C(=O)OC(C)(C)C)c1cc(CS[C@H]2C(=O)N([Si](C)(C)C(C)(C)C)[C@@H]2C(=O)O)ccn1. The van der Waals surface area contributed by atoms with Crippen LogP contribution in [0, 0.1) is 0 Å². The van der Waals surface area contributed by atoms with Gasteiger partial charge in [-0.2, -0.15) is 4.90 Å². The van der Waals surface area contributed by atoms with Crippen molar-refractivity contribution in [3.05, 3.63) is 23.9 Å². The van der Waals surface area contributed by atoms with E-state index in [2.05, 4.69) is 4.98 Å². The molecule has 2 rings (SSSR count). The summed E-state index contributed by atoms with van der Waals surface area (Å²) in [7, 11) is -2.38. The van der Waals surface area contributed by atoms with Crippen molar-refractivity contribution in [2.24, 2.45) is 0 Å². The summed E-state index contributed by atoms with van der Waals surface area (Å²) in [4.78, 5) is 56.1. The van der Waals surface area contributed by atoms with Crippen LogP contribution in [0.1, 0.15) is 67.9 Å². The molecule has 3 amide bonds. The molecule has 2 heterocycles. The predicted octanol–water partition coefficient (Wildman–Crippen LogP) is 5.66. The molecule has 1 N–H and O–H groups in total. The molecule has 1 aromatic heterocycles. The predicted molar refractivity (Wildman–Crippen MR) is 150 cm³/mol. The average Bonchev–Trinajstić information content (AvgIpc) is 2.68. The minimum Gasteiger partial charge on any atom is -0.480 e. The van der Waals surface area contributed by atoms with E-state index in [0.29, 0.717) is 5.56 Å². The minimum absolute atomic E-state index is 0.00391. The van der Waals surface area contributed by atoms with E-state index in [4.69, 9.17) is 9.47 Å². The molecule has 1 aromatic rings. The minimum atomic E-state index is -2.38. The van der Waals surface area contributed by atoms with Gasteiger partial charge in [0.2, 0.25) is 5.91 Å². The zero-order valence-electron chi connectivity index (χ0n) is 24.2. The van der Waals surface area contributed by atoms with Gasteiger partial charge >= 0.3 is 18.2 Å². The first-order valence-electron chi connectivity index (χ1n) is 12.5. The first-order valence-corrected chi connectivity index (χ1v) is 16.4. The number of carbonyl (C=O) groups excluding carboxylic acids is 3. The summed E-state index contributed by atoms with van der Waals surface area (Å²) in [6.45, 7) is 20.2. The number of carbonyl (C=O) groups is 4. The van der Waals surface area contributed by atoms with Crippen LogP contribution in [0.3, 0.4) is 0 Å². The fraction of sp³-hybridized carbons (Fsp3) is 0.654. The molecule has 0 bridgehead atoms. The molecule has 0 spiro atoms. The van der Waals surface area contributed by atoms with Crippen molar-refractivity contribution < 1.29 is 33.8 Å². The normalized spacial score (nSPS) is 18.5.